The van der Waals surface area contributed by atoms with Gasteiger partial charge in [0.05, 0.1) is 35.6 Å². The van der Waals surface area contributed by atoms with Crippen LogP contribution in [0.1, 0.15) is 29.8 Å². The number of ether oxygens (including phenoxy) is 1. The standard InChI is InChI=1S/C16H22BrN3O/c1-4-12-7-5-6-8-13(12)15(18-2)16-14(17)11-19-20(16)9-10-21-3/h5-8,11,15,18H,4,9-10H2,1-3H3. The highest BCUT2D eigenvalue weighted by atomic mass is 79.9. The smallest absolute Gasteiger partial charge is 0.0760 e. The molecule has 0 aliphatic heterocycles. The predicted molar refractivity (Wildman–Crippen MR) is 88.5 cm³/mol. The molecule has 2 rings (SSSR count). The molecule has 5 heteroatoms. The first-order valence-electron chi connectivity index (χ1n) is 7.18. The number of halogens is 1. The van der Waals surface area contributed by atoms with Gasteiger partial charge >= 0.3 is 0 Å². The Bertz CT molecular complexity index is 583. The van der Waals surface area contributed by atoms with Crippen molar-refractivity contribution in [3.63, 3.8) is 0 Å². The summed E-state index contributed by atoms with van der Waals surface area (Å²) in [5.74, 6) is 0. The minimum Gasteiger partial charge on any atom is -0.383 e. The number of aryl methyl sites for hydroxylation is 1. The van der Waals surface area contributed by atoms with Crippen LogP contribution in [0, 0.1) is 0 Å². The maximum absolute atomic E-state index is 5.18. The van der Waals surface area contributed by atoms with E-state index in [1.54, 1.807) is 7.11 Å². The summed E-state index contributed by atoms with van der Waals surface area (Å²) < 4.78 is 8.20. The van der Waals surface area contributed by atoms with Gasteiger partial charge in [-0.3, -0.25) is 4.68 Å². The third-order valence-electron chi connectivity index (χ3n) is 3.65. The molecule has 0 radical (unpaired) electrons. The molecule has 1 N–H and O–H groups in total. The first kappa shape index (κ1) is 16.2. The Morgan fingerprint density at radius 3 is 2.81 bits per heavy atom. The highest BCUT2D eigenvalue weighted by Crippen LogP contribution is 2.30. The van der Waals surface area contributed by atoms with Gasteiger partial charge in [-0.25, -0.2) is 0 Å². The van der Waals surface area contributed by atoms with Crippen molar-refractivity contribution in [2.75, 3.05) is 20.8 Å². The van der Waals surface area contributed by atoms with Gasteiger partial charge < -0.3 is 10.1 Å². The number of nitrogens with one attached hydrogen (secondary N) is 1. The minimum absolute atomic E-state index is 0.106. The van der Waals surface area contributed by atoms with Crippen molar-refractivity contribution in [1.29, 1.82) is 0 Å². The Labute approximate surface area is 134 Å². The monoisotopic (exact) mass is 351 g/mol. The van der Waals surface area contributed by atoms with E-state index in [1.807, 2.05) is 17.9 Å². The SMILES string of the molecule is CCc1ccccc1C(NC)c1c(Br)cnn1CCOC. The van der Waals surface area contributed by atoms with Crippen LogP contribution in [0.3, 0.4) is 0 Å². The number of hydrogen-bond acceptors (Lipinski definition) is 3. The van der Waals surface area contributed by atoms with Crippen molar-refractivity contribution in [2.24, 2.45) is 0 Å². The second-order valence-electron chi connectivity index (χ2n) is 4.87. The second-order valence-corrected chi connectivity index (χ2v) is 5.72. The van der Waals surface area contributed by atoms with E-state index < -0.39 is 0 Å². The summed E-state index contributed by atoms with van der Waals surface area (Å²) >= 11 is 3.63. The van der Waals surface area contributed by atoms with Gasteiger partial charge in [0, 0.05) is 7.11 Å². The average molecular weight is 352 g/mol. The Hall–Kier alpha value is -1.17. The maximum Gasteiger partial charge on any atom is 0.0760 e. The first-order valence-corrected chi connectivity index (χ1v) is 7.97. The summed E-state index contributed by atoms with van der Waals surface area (Å²) in [6, 6.07) is 8.65. The van der Waals surface area contributed by atoms with Crippen LogP contribution < -0.4 is 5.32 Å². The molecule has 0 fully saturated rings. The molecule has 0 bridgehead atoms. The third-order valence-corrected chi connectivity index (χ3v) is 4.26. The summed E-state index contributed by atoms with van der Waals surface area (Å²) in [5.41, 5.74) is 3.78. The zero-order chi connectivity index (χ0) is 15.2. The molecule has 1 atom stereocenters. The molecular weight excluding hydrogens is 330 g/mol. The Morgan fingerprint density at radius 1 is 1.38 bits per heavy atom. The largest absolute Gasteiger partial charge is 0.383 e. The summed E-state index contributed by atoms with van der Waals surface area (Å²) in [6.45, 7) is 3.57. The molecule has 0 amide bonds. The minimum atomic E-state index is 0.106. The number of methoxy groups -OCH3 is 1. The second kappa shape index (κ2) is 7.73. The van der Waals surface area contributed by atoms with Gasteiger partial charge in [0.2, 0.25) is 0 Å². The van der Waals surface area contributed by atoms with E-state index in [4.69, 9.17) is 4.74 Å². The van der Waals surface area contributed by atoms with Crippen LogP contribution >= 0.6 is 15.9 Å². The van der Waals surface area contributed by atoms with E-state index in [2.05, 4.69) is 57.5 Å². The number of hydrogen-bond donors (Lipinski definition) is 1. The van der Waals surface area contributed by atoms with E-state index >= 15 is 0 Å². The summed E-state index contributed by atoms with van der Waals surface area (Å²) in [6.07, 6.45) is 2.86. The van der Waals surface area contributed by atoms with Crippen LogP contribution in [0.15, 0.2) is 34.9 Å². The molecule has 0 aliphatic rings. The van der Waals surface area contributed by atoms with Gasteiger partial charge in [-0.1, -0.05) is 31.2 Å². The highest BCUT2D eigenvalue weighted by Gasteiger charge is 2.22. The normalized spacial score (nSPS) is 12.6. The molecule has 1 unspecified atom stereocenters. The third kappa shape index (κ3) is 3.54. The fraction of sp³-hybridized carbons (Fsp3) is 0.438. The van der Waals surface area contributed by atoms with Crippen molar-refractivity contribution >= 4 is 15.9 Å². The van der Waals surface area contributed by atoms with Crippen LogP contribution in [0.2, 0.25) is 0 Å². The lowest BCUT2D eigenvalue weighted by atomic mass is 9.96. The molecule has 1 aromatic heterocycles. The molecule has 0 spiro atoms. The Morgan fingerprint density at radius 2 is 2.14 bits per heavy atom. The van der Waals surface area contributed by atoms with E-state index in [9.17, 15) is 0 Å². The first-order chi connectivity index (χ1) is 10.2. The molecule has 1 aromatic carbocycles. The summed E-state index contributed by atoms with van der Waals surface area (Å²) in [5, 5.41) is 7.87. The fourth-order valence-electron chi connectivity index (χ4n) is 2.59. The van der Waals surface area contributed by atoms with Gasteiger partial charge in [0.15, 0.2) is 0 Å². The number of rotatable bonds is 7. The average Bonchev–Trinajstić information content (AvgIpc) is 2.88. The molecule has 0 aliphatic carbocycles. The van der Waals surface area contributed by atoms with E-state index in [0.29, 0.717) is 6.61 Å². The van der Waals surface area contributed by atoms with Gasteiger partial charge in [0.25, 0.3) is 0 Å². The van der Waals surface area contributed by atoms with Crippen LogP contribution in [0.25, 0.3) is 0 Å². The maximum atomic E-state index is 5.18. The van der Waals surface area contributed by atoms with Crippen molar-refractivity contribution < 1.29 is 4.74 Å². The van der Waals surface area contributed by atoms with E-state index in [1.165, 1.54) is 11.1 Å². The van der Waals surface area contributed by atoms with Gasteiger partial charge in [-0.05, 0) is 40.5 Å². The van der Waals surface area contributed by atoms with Crippen molar-refractivity contribution in [1.82, 2.24) is 15.1 Å². The Kier molecular flexibility index (Phi) is 5.96. The summed E-state index contributed by atoms with van der Waals surface area (Å²) in [7, 11) is 3.69. The van der Waals surface area contributed by atoms with Crippen molar-refractivity contribution in [3.8, 4) is 0 Å². The molecule has 114 valence electrons. The molecule has 2 aromatic rings. The topological polar surface area (TPSA) is 39.1 Å². The van der Waals surface area contributed by atoms with Crippen LogP contribution in [-0.4, -0.2) is 30.5 Å². The van der Waals surface area contributed by atoms with Crippen LogP contribution in [-0.2, 0) is 17.7 Å². The van der Waals surface area contributed by atoms with E-state index in [0.717, 1.165) is 23.1 Å². The van der Waals surface area contributed by atoms with Crippen molar-refractivity contribution in [2.45, 2.75) is 25.9 Å². The predicted octanol–water partition coefficient (Wildman–Crippen LogP) is 3.16. The lowest BCUT2D eigenvalue weighted by Gasteiger charge is -2.21. The lowest BCUT2D eigenvalue weighted by Crippen LogP contribution is -2.24. The quantitative estimate of drug-likeness (QED) is 0.832. The van der Waals surface area contributed by atoms with Gasteiger partial charge in [-0.15, -0.1) is 0 Å². The molecule has 0 saturated carbocycles. The molecule has 1 heterocycles. The van der Waals surface area contributed by atoms with E-state index in [-0.39, 0.29) is 6.04 Å². The number of benzene rings is 1. The fourth-order valence-corrected chi connectivity index (χ4v) is 3.12. The summed E-state index contributed by atoms with van der Waals surface area (Å²) in [4.78, 5) is 0. The lowest BCUT2D eigenvalue weighted by molar-refractivity contribution is 0.182. The molecule has 0 saturated heterocycles. The highest BCUT2D eigenvalue weighted by molar-refractivity contribution is 9.10. The molecule has 21 heavy (non-hydrogen) atoms. The zero-order valence-electron chi connectivity index (χ0n) is 12.8. The van der Waals surface area contributed by atoms with Gasteiger partial charge in [0.1, 0.15) is 0 Å². The van der Waals surface area contributed by atoms with Crippen LogP contribution in [0.5, 0.6) is 0 Å². The number of aromatic nitrogens is 2. The Balaban J connectivity index is 2.44. The van der Waals surface area contributed by atoms with Crippen molar-refractivity contribution in [3.05, 3.63) is 51.8 Å². The van der Waals surface area contributed by atoms with Gasteiger partial charge in [-0.2, -0.15) is 5.10 Å². The molecular formula is C16H22BrN3O. The molecule has 4 nitrogen and oxygen atoms in total. The number of nitrogens with zero attached hydrogens (tertiary/aromatic N) is 2. The van der Waals surface area contributed by atoms with Crippen LogP contribution in [0.4, 0.5) is 0 Å². The zero-order valence-corrected chi connectivity index (χ0v) is 14.4.